The zero-order valence-electron chi connectivity index (χ0n) is 13.1. The van der Waals surface area contributed by atoms with Crippen molar-refractivity contribution in [2.75, 3.05) is 14.2 Å². The number of methoxy groups -OCH3 is 2. The number of aryl methyl sites for hydroxylation is 1. The number of rotatable bonds is 5. The molecule has 120 valence electrons. The summed E-state index contributed by atoms with van der Waals surface area (Å²) < 4.78 is 10.4. The molecule has 0 aliphatic heterocycles. The van der Waals surface area contributed by atoms with E-state index in [1.54, 1.807) is 24.3 Å². The van der Waals surface area contributed by atoms with Crippen molar-refractivity contribution in [3.63, 3.8) is 0 Å². The minimum atomic E-state index is -0.284. The number of halogens is 1. The average Bonchev–Trinajstić information content (AvgIpc) is 2.54. The fraction of sp³-hybridized carbons (Fsp3) is 0.176. The van der Waals surface area contributed by atoms with Gasteiger partial charge in [-0.1, -0.05) is 29.3 Å². The highest BCUT2D eigenvalue weighted by Crippen LogP contribution is 2.35. The van der Waals surface area contributed by atoms with Gasteiger partial charge in [-0.2, -0.15) is 5.10 Å². The first-order valence-electron chi connectivity index (χ1n) is 6.86. The molecular formula is C17H17ClN2O3. The minimum Gasteiger partial charge on any atom is -0.493 e. The van der Waals surface area contributed by atoms with Gasteiger partial charge in [0.1, 0.15) is 0 Å². The Hall–Kier alpha value is -2.53. The van der Waals surface area contributed by atoms with Crippen LogP contribution in [0.3, 0.4) is 0 Å². The summed E-state index contributed by atoms with van der Waals surface area (Å²) in [6, 6.07) is 10.6. The van der Waals surface area contributed by atoms with Crippen LogP contribution in [0.4, 0.5) is 0 Å². The highest BCUT2D eigenvalue weighted by Gasteiger charge is 2.10. The summed E-state index contributed by atoms with van der Waals surface area (Å²) in [6.07, 6.45) is 1.49. The van der Waals surface area contributed by atoms with Crippen molar-refractivity contribution in [1.82, 2.24) is 5.43 Å². The molecule has 5 nitrogen and oxygen atoms in total. The van der Waals surface area contributed by atoms with Crippen LogP contribution in [0.5, 0.6) is 11.5 Å². The molecule has 0 radical (unpaired) electrons. The van der Waals surface area contributed by atoms with Crippen molar-refractivity contribution >= 4 is 23.7 Å². The fourth-order valence-corrected chi connectivity index (χ4v) is 2.24. The van der Waals surface area contributed by atoms with Gasteiger partial charge in [0.25, 0.3) is 5.91 Å². The molecule has 1 N–H and O–H groups in total. The average molecular weight is 333 g/mol. The van der Waals surface area contributed by atoms with Crippen LogP contribution in [-0.4, -0.2) is 26.3 Å². The molecule has 0 saturated carbocycles. The van der Waals surface area contributed by atoms with E-state index in [4.69, 9.17) is 21.1 Å². The quantitative estimate of drug-likeness (QED) is 0.674. The van der Waals surface area contributed by atoms with Gasteiger partial charge < -0.3 is 9.47 Å². The molecular weight excluding hydrogens is 316 g/mol. The number of benzene rings is 2. The Morgan fingerprint density at radius 3 is 2.48 bits per heavy atom. The van der Waals surface area contributed by atoms with Gasteiger partial charge in [-0.25, -0.2) is 5.43 Å². The van der Waals surface area contributed by atoms with E-state index in [-0.39, 0.29) is 5.91 Å². The van der Waals surface area contributed by atoms with Crippen LogP contribution in [0.2, 0.25) is 5.02 Å². The van der Waals surface area contributed by atoms with Crippen LogP contribution < -0.4 is 14.9 Å². The summed E-state index contributed by atoms with van der Waals surface area (Å²) >= 11 is 6.11. The van der Waals surface area contributed by atoms with E-state index in [1.807, 2.05) is 19.1 Å². The van der Waals surface area contributed by atoms with Gasteiger partial charge in [0, 0.05) is 5.56 Å². The molecule has 0 aliphatic rings. The van der Waals surface area contributed by atoms with Crippen molar-refractivity contribution in [2.24, 2.45) is 5.10 Å². The van der Waals surface area contributed by atoms with Crippen molar-refractivity contribution in [2.45, 2.75) is 6.92 Å². The first-order chi connectivity index (χ1) is 11.0. The minimum absolute atomic E-state index is 0.284. The number of carbonyl (C=O) groups excluding carboxylic acids is 1. The van der Waals surface area contributed by atoms with E-state index >= 15 is 0 Å². The lowest BCUT2D eigenvalue weighted by Crippen LogP contribution is -2.17. The number of amides is 1. The summed E-state index contributed by atoms with van der Waals surface area (Å²) in [5.41, 5.74) is 4.77. The molecule has 6 heteroatoms. The third kappa shape index (κ3) is 4.23. The Morgan fingerprint density at radius 1 is 1.17 bits per heavy atom. The number of hydrogen-bond donors (Lipinski definition) is 1. The van der Waals surface area contributed by atoms with Gasteiger partial charge in [-0.05, 0) is 36.8 Å². The van der Waals surface area contributed by atoms with E-state index < -0.39 is 0 Å². The van der Waals surface area contributed by atoms with Crippen molar-refractivity contribution in [3.05, 3.63) is 58.1 Å². The van der Waals surface area contributed by atoms with E-state index in [0.29, 0.717) is 27.6 Å². The molecule has 2 rings (SSSR count). The summed E-state index contributed by atoms with van der Waals surface area (Å²) in [5, 5.41) is 4.33. The van der Waals surface area contributed by atoms with Crippen LogP contribution in [0.15, 0.2) is 41.5 Å². The number of nitrogens with zero attached hydrogens (tertiary/aromatic N) is 1. The molecule has 0 aliphatic carbocycles. The SMILES string of the molecule is COc1cc(/C=N\NC(=O)c2ccc(C)cc2)cc(Cl)c1OC. The highest BCUT2D eigenvalue weighted by atomic mass is 35.5. The molecule has 0 atom stereocenters. The lowest BCUT2D eigenvalue weighted by atomic mass is 10.1. The third-order valence-electron chi connectivity index (χ3n) is 3.15. The topological polar surface area (TPSA) is 59.9 Å². The molecule has 1 amide bonds. The van der Waals surface area contributed by atoms with E-state index in [0.717, 1.165) is 5.56 Å². The van der Waals surface area contributed by atoms with Crippen LogP contribution in [0.25, 0.3) is 0 Å². The summed E-state index contributed by atoms with van der Waals surface area (Å²) in [6.45, 7) is 1.96. The molecule has 0 saturated heterocycles. The van der Waals surface area contributed by atoms with E-state index in [1.165, 1.54) is 20.4 Å². The predicted octanol–water partition coefficient (Wildman–Crippen LogP) is 3.43. The normalized spacial score (nSPS) is 10.6. The van der Waals surface area contributed by atoms with E-state index in [9.17, 15) is 4.79 Å². The second kappa shape index (κ2) is 7.65. The molecule has 0 unspecified atom stereocenters. The molecule has 0 spiro atoms. The van der Waals surface area contributed by atoms with Crippen molar-refractivity contribution in [3.8, 4) is 11.5 Å². The maximum absolute atomic E-state index is 11.9. The van der Waals surface area contributed by atoms with Gasteiger partial charge in [-0.3, -0.25) is 4.79 Å². The standard InChI is InChI=1S/C17H17ClN2O3/c1-11-4-6-13(7-5-11)17(21)20-19-10-12-8-14(18)16(23-3)15(9-12)22-2/h4-10H,1-3H3,(H,20,21)/b19-10-. The maximum atomic E-state index is 11.9. The Bertz CT molecular complexity index is 727. The lowest BCUT2D eigenvalue weighted by molar-refractivity contribution is 0.0955. The molecule has 0 heterocycles. The monoisotopic (exact) mass is 332 g/mol. The number of ether oxygens (including phenoxy) is 2. The van der Waals surface area contributed by atoms with Gasteiger partial charge in [0.15, 0.2) is 11.5 Å². The number of nitrogens with one attached hydrogen (secondary N) is 1. The first kappa shape index (κ1) is 16.8. The second-order valence-corrected chi connectivity index (χ2v) is 5.21. The van der Waals surface area contributed by atoms with Gasteiger partial charge in [-0.15, -0.1) is 0 Å². The number of hydrazone groups is 1. The zero-order chi connectivity index (χ0) is 16.8. The summed E-state index contributed by atoms with van der Waals surface area (Å²) in [7, 11) is 3.04. The highest BCUT2D eigenvalue weighted by molar-refractivity contribution is 6.32. The van der Waals surface area contributed by atoms with Gasteiger partial charge in [0.2, 0.25) is 0 Å². The number of hydrogen-bond acceptors (Lipinski definition) is 4. The summed E-state index contributed by atoms with van der Waals surface area (Å²) in [5.74, 6) is 0.661. The first-order valence-corrected chi connectivity index (χ1v) is 7.24. The molecule has 0 fully saturated rings. The molecule has 2 aromatic rings. The van der Waals surface area contributed by atoms with Crippen LogP contribution >= 0.6 is 11.6 Å². The van der Waals surface area contributed by atoms with Gasteiger partial charge in [0.05, 0.1) is 25.5 Å². The van der Waals surface area contributed by atoms with E-state index in [2.05, 4.69) is 10.5 Å². The van der Waals surface area contributed by atoms with Crippen LogP contribution in [-0.2, 0) is 0 Å². The summed E-state index contributed by atoms with van der Waals surface area (Å²) in [4.78, 5) is 11.9. The maximum Gasteiger partial charge on any atom is 0.271 e. The lowest BCUT2D eigenvalue weighted by Gasteiger charge is -2.09. The van der Waals surface area contributed by atoms with Crippen molar-refractivity contribution in [1.29, 1.82) is 0 Å². The Balaban J connectivity index is 2.10. The molecule has 0 aromatic heterocycles. The van der Waals surface area contributed by atoms with Crippen LogP contribution in [0, 0.1) is 6.92 Å². The van der Waals surface area contributed by atoms with Crippen LogP contribution in [0.1, 0.15) is 21.5 Å². The Kier molecular flexibility index (Phi) is 5.60. The third-order valence-corrected chi connectivity index (χ3v) is 3.43. The van der Waals surface area contributed by atoms with Gasteiger partial charge >= 0.3 is 0 Å². The largest absolute Gasteiger partial charge is 0.493 e. The molecule has 2 aromatic carbocycles. The number of carbonyl (C=O) groups is 1. The fourth-order valence-electron chi connectivity index (χ4n) is 1.95. The predicted molar refractivity (Wildman–Crippen MR) is 90.8 cm³/mol. The molecule has 0 bridgehead atoms. The Morgan fingerprint density at radius 2 is 1.87 bits per heavy atom. The Labute approximate surface area is 139 Å². The second-order valence-electron chi connectivity index (χ2n) is 4.80. The smallest absolute Gasteiger partial charge is 0.271 e. The molecule has 23 heavy (non-hydrogen) atoms. The van der Waals surface area contributed by atoms with Crippen molar-refractivity contribution < 1.29 is 14.3 Å². The zero-order valence-corrected chi connectivity index (χ0v) is 13.8.